The van der Waals surface area contributed by atoms with Crippen LogP contribution in [-0.2, 0) is 13.1 Å². The van der Waals surface area contributed by atoms with Crippen molar-refractivity contribution in [2.45, 2.75) is 32.5 Å². The van der Waals surface area contributed by atoms with Crippen molar-refractivity contribution < 1.29 is 8.78 Å². The fraction of sp³-hybridized carbons (Fsp3) is 0.273. The summed E-state index contributed by atoms with van der Waals surface area (Å²) in [7, 11) is 0. The van der Waals surface area contributed by atoms with Crippen molar-refractivity contribution in [3.05, 3.63) is 94.8 Å². The average Bonchev–Trinajstić information content (AvgIpc) is 2.99. The van der Waals surface area contributed by atoms with Gasteiger partial charge in [0.1, 0.15) is 11.6 Å². The summed E-state index contributed by atoms with van der Waals surface area (Å²) in [6.07, 6.45) is 3.07. The Kier molecular flexibility index (Phi) is 4.60. The highest BCUT2D eigenvalue weighted by molar-refractivity contribution is 5.33. The predicted octanol–water partition coefficient (Wildman–Crippen LogP) is 5.07. The predicted molar refractivity (Wildman–Crippen MR) is 98.8 cm³/mol. The first kappa shape index (κ1) is 17.0. The number of aromatic nitrogens is 1. The van der Waals surface area contributed by atoms with Gasteiger partial charge in [-0.15, -0.1) is 0 Å². The Morgan fingerprint density at radius 2 is 1.88 bits per heavy atom. The first-order valence-corrected chi connectivity index (χ1v) is 9.01. The number of hydrogen-bond donors (Lipinski definition) is 0. The quantitative estimate of drug-likeness (QED) is 0.639. The van der Waals surface area contributed by atoms with Gasteiger partial charge in [0.25, 0.3) is 0 Å². The summed E-state index contributed by atoms with van der Waals surface area (Å²) in [5.74, 6) is -0.749. The van der Waals surface area contributed by atoms with Gasteiger partial charge in [0.15, 0.2) is 0 Å². The van der Waals surface area contributed by atoms with E-state index in [2.05, 4.69) is 59.0 Å². The molecule has 0 aliphatic carbocycles. The molecule has 2 nitrogen and oxygen atoms in total. The molecule has 1 atom stereocenters. The van der Waals surface area contributed by atoms with E-state index in [1.54, 1.807) is 0 Å². The minimum Gasteiger partial charge on any atom is -0.350 e. The molecule has 0 amide bonds. The smallest absolute Gasteiger partial charge is 0.127 e. The molecule has 0 radical (unpaired) electrons. The number of benzene rings is 2. The molecule has 26 heavy (non-hydrogen) atoms. The van der Waals surface area contributed by atoms with Crippen molar-refractivity contribution in [2.24, 2.45) is 0 Å². The average molecular weight is 352 g/mol. The van der Waals surface area contributed by atoms with E-state index in [1.807, 2.05) is 0 Å². The molecule has 4 heteroatoms. The summed E-state index contributed by atoms with van der Waals surface area (Å²) in [4.78, 5) is 2.26. The van der Waals surface area contributed by atoms with Crippen LogP contribution >= 0.6 is 0 Å². The van der Waals surface area contributed by atoms with Gasteiger partial charge in [0.2, 0.25) is 0 Å². The Labute approximate surface area is 152 Å². The highest BCUT2D eigenvalue weighted by Gasteiger charge is 2.28. The van der Waals surface area contributed by atoms with Crippen LogP contribution in [0.1, 0.15) is 34.8 Å². The third-order valence-electron chi connectivity index (χ3n) is 5.09. The fourth-order valence-corrected chi connectivity index (χ4v) is 3.91. The Morgan fingerprint density at radius 1 is 1.00 bits per heavy atom. The Bertz CT molecular complexity index is 916. The topological polar surface area (TPSA) is 8.17 Å². The van der Waals surface area contributed by atoms with Crippen LogP contribution in [0.3, 0.4) is 0 Å². The number of nitrogens with zero attached hydrogens (tertiary/aromatic N) is 2. The van der Waals surface area contributed by atoms with E-state index in [-0.39, 0.29) is 11.9 Å². The summed E-state index contributed by atoms with van der Waals surface area (Å²) in [5.41, 5.74) is 3.98. The first-order chi connectivity index (χ1) is 12.6. The van der Waals surface area contributed by atoms with Crippen molar-refractivity contribution in [3.8, 4) is 0 Å². The molecule has 0 saturated carbocycles. The standard InChI is InChI=1S/C22H22F2N2/c1-16-5-2-6-17(13-16)22-21-7-3-10-25(21)11-4-12-26(22)15-18-14-19(23)8-9-20(18)24/h2-3,5-10,13-14,22H,4,11-12,15H2,1H3/t22-/m0/s1. The molecule has 134 valence electrons. The lowest BCUT2D eigenvalue weighted by atomic mass is 9.99. The van der Waals surface area contributed by atoms with Gasteiger partial charge in [-0.2, -0.15) is 0 Å². The lowest BCUT2D eigenvalue weighted by Crippen LogP contribution is -2.30. The molecule has 0 spiro atoms. The second-order valence-corrected chi connectivity index (χ2v) is 7.00. The zero-order valence-electron chi connectivity index (χ0n) is 14.8. The van der Waals surface area contributed by atoms with E-state index in [0.717, 1.165) is 19.5 Å². The van der Waals surface area contributed by atoms with Gasteiger partial charge >= 0.3 is 0 Å². The van der Waals surface area contributed by atoms with Gasteiger partial charge in [0.05, 0.1) is 6.04 Å². The van der Waals surface area contributed by atoms with Crippen molar-refractivity contribution in [1.82, 2.24) is 9.47 Å². The van der Waals surface area contributed by atoms with Gasteiger partial charge in [-0.3, -0.25) is 4.90 Å². The summed E-state index contributed by atoms with van der Waals surface area (Å²) in [5, 5.41) is 0. The number of halogens is 2. The molecule has 0 bridgehead atoms. The molecule has 0 N–H and O–H groups in total. The lowest BCUT2D eigenvalue weighted by molar-refractivity contribution is 0.217. The molecule has 0 unspecified atom stereocenters. The maximum atomic E-state index is 14.3. The fourth-order valence-electron chi connectivity index (χ4n) is 3.91. The molecule has 1 aliphatic heterocycles. The monoisotopic (exact) mass is 352 g/mol. The highest BCUT2D eigenvalue weighted by atomic mass is 19.1. The summed E-state index contributed by atoms with van der Waals surface area (Å²) in [6.45, 7) is 4.23. The zero-order valence-corrected chi connectivity index (χ0v) is 14.8. The van der Waals surface area contributed by atoms with Crippen molar-refractivity contribution >= 4 is 0 Å². The lowest BCUT2D eigenvalue weighted by Gasteiger charge is -2.31. The largest absolute Gasteiger partial charge is 0.350 e. The number of hydrogen-bond acceptors (Lipinski definition) is 1. The van der Waals surface area contributed by atoms with Gasteiger partial charge < -0.3 is 4.57 Å². The van der Waals surface area contributed by atoms with Crippen molar-refractivity contribution in [3.63, 3.8) is 0 Å². The molecule has 2 aromatic carbocycles. The van der Waals surface area contributed by atoms with Crippen LogP contribution < -0.4 is 0 Å². The minimum atomic E-state index is -0.397. The number of rotatable bonds is 3. The molecule has 0 saturated heterocycles. The van der Waals surface area contributed by atoms with Crippen molar-refractivity contribution in [1.29, 1.82) is 0 Å². The molecular formula is C22H22F2N2. The summed E-state index contributed by atoms with van der Waals surface area (Å²) < 4.78 is 30.2. The SMILES string of the molecule is Cc1cccc([C@H]2c3cccn3CCCN2Cc2cc(F)ccc2F)c1. The van der Waals surface area contributed by atoms with E-state index in [9.17, 15) is 8.78 Å². The first-order valence-electron chi connectivity index (χ1n) is 9.01. The third kappa shape index (κ3) is 3.29. The molecular weight excluding hydrogens is 330 g/mol. The molecule has 2 heterocycles. The highest BCUT2D eigenvalue weighted by Crippen LogP contribution is 2.33. The third-order valence-corrected chi connectivity index (χ3v) is 5.09. The van der Waals surface area contributed by atoms with Crippen LogP contribution in [-0.4, -0.2) is 16.0 Å². The van der Waals surface area contributed by atoms with Crippen LogP contribution in [0.25, 0.3) is 0 Å². The van der Waals surface area contributed by atoms with E-state index < -0.39 is 5.82 Å². The summed E-state index contributed by atoms with van der Waals surface area (Å²) in [6, 6.07) is 16.4. The van der Waals surface area contributed by atoms with E-state index in [0.29, 0.717) is 12.1 Å². The van der Waals surface area contributed by atoms with Gasteiger partial charge in [-0.05, 0) is 49.2 Å². The maximum Gasteiger partial charge on any atom is 0.127 e. The molecule has 0 fully saturated rings. The zero-order chi connectivity index (χ0) is 18.1. The van der Waals surface area contributed by atoms with Gasteiger partial charge in [-0.1, -0.05) is 29.8 Å². The van der Waals surface area contributed by atoms with Gasteiger partial charge in [-0.25, -0.2) is 8.78 Å². The normalized spacial score (nSPS) is 17.7. The van der Waals surface area contributed by atoms with Crippen LogP contribution in [0.2, 0.25) is 0 Å². The number of aryl methyl sites for hydroxylation is 2. The minimum absolute atomic E-state index is 0.0232. The maximum absolute atomic E-state index is 14.3. The number of fused-ring (bicyclic) bond motifs is 1. The molecule has 4 rings (SSSR count). The molecule has 1 aromatic heterocycles. The Balaban J connectivity index is 1.77. The van der Waals surface area contributed by atoms with E-state index in [1.165, 1.54) is 35.0 Å². The molecule has 1 aliphatic rings. The van der Waals surface area contributed by atoms with E-state index >= 15 is 0 Å². The van der Waals surface area contributed by atoms with Crippen molar-refractivity contribution in [2.75, 3.05) is 6.54 Å². The van der Waals surface area contributed by atoms with E-state index in [4.69, 9.17) is 0 Å². The second kappa shape index (κ2) is 7.04. The van der Waals surface area contributed by atoms with Crippen LogP contribution in [0.4, 0.5) is 8.78 Å². The summed E-state index contributed by atoms with van der Waals surface area (Å²) >= 11 is 0. The van der Waals surface area contributed by atoms with Crippen LogP contribution in [0.5, 0.6) is 0 Å². The second-order valence-electron chi connectivity index (χ2n) is 7.00. The Morgan fingerprint density at radius 3 is 2.73 bits per heavy atom. The van der Waals surface area contributed by atoms with Crippen LogP contribution in [0, 0.1) is 18.6 Å². The van der Waals surface area contributed by atoms with Gasteiger partial charge in [0, 0.05) is 37.1 Å². The van der Waals surface area contributed by atoms with Crippen LogP contribution in [0.15, 0.2) is 60.8 Å². The Hall–Kier alpha value is -2.46. The molecule has 3 aromatic rings.